The van der Waals surface area contributed by atoms with E-state index in [0.29, 0.717) is 11.4 Å². The Balaban J connectivity index is 2.00. The van der Waals surface area contributed by atoms with Crippen molar-refractivity contribution in [3.63, 3.8) is 0 Å². The Hall–Kier alpha value is -2.36. The van der Waals surface area contributed by atoms with Crippen molar-refractivity contribution in [2.24, 2.45) is 0 Å². The Morgan fingerprint density at radius 2 is 1.71 bits per heavy atom. The summed E-state index contributed by atoms with van der Waals surface area (Å²) >= 11 is 0. The summed E-state index contributed by atoms with van der Waals surface area (Å²) in [5, 5.41) is 2.81. The highest BCUT2D eigenvalue weighted by molar-refractivity contribution is 6.04. The third kappa shape index (κ3) is 4.05. The Morgan fingerprint density at radius 3 is 2.29 bits per heavy atom. The molecule has 1 aromatic heterocycles. The summed E-state index contributed by atoms with van der Waals surface area (Å²) in [6.07, 6.45) is 3.40. The van der Waals surface area contributed by atoms with E-state index in [4.69, 9.17) is 0 Å². The molecule has 0 aliphatic heterocycles. The third-order valence-corrected chi connectivity index (χ3v) is 3.34. The van der Waals surface area contributed by atoms with Gasteiger partial charge in [-0.2, -0.15) is 0 Å². The molecule has 2 aromatic rings. The lowest BCUT2D eigenvalue weighted by molar-refractivity contribution is 0.101. The Morgan fingerprint density at radius 1 is 1.05 bits per heavy atom. The van der Waals surface area contributed by atoms with Crippen molar-refractivity contribution in [3.8, 4) is 0 Å². The van der Waals surface area contributed by atoms with Crippen LogP contribution in [0.25, 0.3) is 0 Å². The van der Waals surface area contributed by atoms with Crippen LogP contribution in [-0.2, 0) is 6.42 Å². The van der Waals surface area contributed by atoms with Crippen molar-refractivity contribution in [2.75, 3.05) is 5.32 Å². The first-order valence-corrected chi connectivity index (χ1v) is 7.20. The van der Waals surface area contributed by atoms with E-state index >= 15 is 0 Å². The number of aromatic amines is 1. The van der Waals surface area contributed by atoms with Gasteiger partial charge in [-0.25, -0.2) is 0 Å². The predicted octanol–water partition coefficient (Wildman–Crippen LogP) is 3.81. The van der Waals surface area contributed by atoms with Gasteiger partial charge in [0.05, 0.1) is 5.69 Å². The summed E-state index contributed by atoms with van der Waals surface area (Å²) in [7, 11) is 0. The summed E-state index contributed by atoms with van der Waals surface area (Å²) in [6.45, 7) is 3.63. The minimum absolute atomic E-state index is 0.0886. The van der Waals surface area contributed by atoms with Gasteiger partial charge in [0.15, 0.2) is 5.78 Å². The fourth-order valence-electron chi connectivity index (χ4n) is 2.07. The second kappa shape index (κ2) is 6.88. The lowest BCUT2D eigenvalue weighted by Gasteiger charge is -2.05. The van der Waals surface area contributed by atoms with E-state index in [-0.39, 0.29) is 11.7 Å². The van der Waals surface area contributed by atoms with Gasteiger partial charge in [-0.05, 0) is 42.7 Å². The number of hydrogen-bond donors (Lipinski definition) is 2. The van der Waals surface area contributed by atoms with Gasteiger partial charge in [-0.15, -0.1) is 0 Å². The first kappa shape index (κ1) is 15.0. The van der Waals surface area contributed by atoms with Crippen LogP contribution in [0.1, 0.15) is 53.2 Å². The molecular weight excluding hydrogens is 264 g/mol. The minimum Gasteiger partial charge on any atom is -0.348 e. The van der Waals surface area contributed by atoms with E-state index in [1.54, 1.807) is 12.1 Å². The molecule has 0 aliphatic rings. The first-order chi connectivity index (χ1) is 10.1. The smallest absolute Gasteiger partial charge is 0.272 e. The van der Waals surface area contributed by atoms with Crippen LogP contribution in [0.2, 0.25) is 0 Å². The van der Waals surface area contributed by atoms with Gasteiger partial charge >= 0.3 is 0 Å². The zero-order valence-corrected chi connectivity index (χ0v) is 12.4. The summed E-state index contributed by atoms with van der Waals surface area (Å²) < 4.78 is 0. The average molecular weight is 284 g/mol. The number of Topliss-reactive ketones (excluding diaryl/α,β-unsaturated/α-hetero) is 1. The van der Waals surface area contributed by atoms with Gasteiger partial charge in [0.25, 0.3) is 5.91 Å². The average Bonchev–Trinajstić information content (AvgIpc) is 2.97. The van der Waals surface area contributed by atoms with Crippen LogP contribution in [0.5, 0.6) is 0 Å². The largest absolute Gasteiger partial charge is 0.348 e. The molecule has 21 heavy (non-hydrogen) atoms. The quantitative estimate of drug-likeness (QED) is 0.792. The number of anilines is 1. The molecule has 4 nitrogen and oxygen atoms in total. The first-order valence-electron chi connectivity index (χ1n) is 7.20. The van der Waals surface area contributed by atoms with Crippen LogP contribution in [0, 0.1) is 0 Å². The Bertz CT molecular complexity index is 626. The number of rotatable bonds is 6. The van der Waals surface area contributed by atoms with Crippen molar-refractivity contribution < 1.29 is 9.59 Å². The van der Waals surface area contributed by atoms with Crippen LogP contribution < -0.4 is 5.32 Å². The second-order valence-corrected chi connectivity index (χ2v) is 5.10. The molecule has 0 atom stereocenters. The zero-order chi connectivity index (χ0) is 15.2. The minimum atomic E-state index is -0.246. The molecule has 1 heterocycles. The standard InChI is InChI=1S/C17H20N2O2/c1-3-4-5-13-6-8-14(9-7-13)18-17(21)16-11-10-15(19-16)12(2)20/h6-11,19H,3-5H2,1-2H3,(H,18,21). The highest BCUT2D eigenvalue weighted by Gasteiger charge is 2.10. The summed E-state index contributed by atoms with van der Waals surface area (Å²) in [6, 6.07) is 11.1. The lowest BCUT2D eigenvalue weighted by Crippen LogP contribution is -2.12. The van der Waals surface area contributed by atoms with E-state index in [1.165, 1.54) is 25.3 Å². The Labute approximate surface area is 124 Å². The van der Waals surface area contributed by atoms with Crippen molar-refractivity contribution in [2.45, 2.75) is 33.1 Å². The molecule has 1 amide bonds. The number of aromatic nitrogens is 1. The number of hydrogen-bond acceptors (Lipinski definition) is 2. The molecule has 2 N–H and O–H groups in total. The van der Waals surface area contributed by atoms with Crippen LogP contribution in [0.3, 0.4) is 0 Å². The topological polar surface area (TPSA) is 62.0 Å². The van der Waals surface area contributed by atoms with E-state index in [0.717, 1.165) is 12.1 Å². The van der Waals surface area contributed by atoms with E-state index in [2.05, 4.69) is 17.2 Å². The third-order valence-electron chi connectivity index (χ3n) is 3.34. The summed E-state index contributed by atoms with van der Waals surface area (Å²) in [4.78, 5) is 26.1. The van der Waals surface area contributed by atoms with Gasteiger partial charge < -0.3 is 10.3 Å². The molecule has 0 saturated carbocycles. The van der Waals surface area contributed by atoms with Crippen LogP contribution in [0.15, 0.2) is 36.4 Å². The number of carbonyl (C=O) groups excluding carboxylic acids is 2. The number of nitrogens with one attached hydrogen (secondary N) is 2. The maximum atomic E-state index is 12.1. The van der Waals surface area contributed by atoms with Crippen molar-refractivity contribution in [1.82, 2.24) is 4.98 Å². The highest BCUT2D eigenvalue weighted by atomic mass is 16.2. The molecule has 2 rings (SSSR count). The monoisotopic (exact) mass is 284 g/mol. The maximum absolute atomic E-state index is 12.1. The van der Waals surface area contributed by atoms with Gasteiger partial charge in [0.1, 0.15) is 5.69 Å². The van der Waals surface area contributed by atoms with Crippen molar-refractivity contribution in [3.05, 3.63) is 53.3 Å². The molecular formula is C17H20N2O2. The van der Waals surface area contributed by atoms with E-state index < -0.39 is 0 Å². The number of ketones is 1. The van der Waals surface area contributed by atoms with E-state index in [9.17, 15) is 9.59 Å². The van der Waals surface area contributed by atoms with Crippen LogP contribution in [-0.4, -0.2) is 16.7 Å². The molecule has 0 radical (unpaired) electrons. The number of H-pyrrole nitrogens is 1. The van der Waals surface area contributed by atoms with Crippen LogP contribution >= 0.6 is 0 Å². The normalized spacial score (nSPS) is 10.4. The molecule has 0 fully saturated rings. The van der Waals surface area contributed by atoms with Crippen molar-refractivity contribution >= 4 is 17.4 Å². The number of carbonyl (C=O) groups is 2. The number of unbranched alkanes of at least 4 members (excludes halogenated alkanes) is 1. The molecule has 0 aliphatic carbocycles. The number of benzene rings is 1. The summed E-state index contributed by atoms with van der Waals surface area (Å²) in [5.41, 5.74) is 2.85. The number of amides is 1. The SMILES string of the molecule is CCCCc1ccc(NC(=O)c2ccc(C(C)=O)[nH]2)cc1. The predicted molar refractivity (Wildman–Crippen MR) is 83.8 cm³/mol. The molecule has 0 spiro atoms. The fraction of sp³-hybridized carbons (Fsp3) is 0.294. The highest BCUT2D eigenvalue weighted by Crippen LogP contribution is 2.13. The Kier molecular flexibility index (Phi) is 4.93. The molecule has 0 bridgehead atoms. The van der Waals surface area contributed by atoms with Crippen LogP contribution in [0.4, 0.5) is 5.69 Å². The molecule has 4 heteroatoms. The van der Waals surface area contributed by atoms with Gasteiger partial charge in [-0.1, -0.05) is 25.5 Å². The van der Waals surface area contributed by atoms with Gasteiger partial charge in [0, 0.05) is 12.6 Å². The molecule has 1 aromatic carbocycles. The fourth-order valence-corrected chi connectivity index (χ4v) is 2.07. The lowest BCUT2D eigenvalue weighted by atomic mass is 10.1. The summed E-state index contributed by atoms with van der Waals surface area (Å²) in [5.74, 6) is -0.335. The molecule has 0 unspecified atom stereocenters. The maximum Gasteiger partial charge on any atom is 0.272 e. The van der Waals surface area contributed by atoms with Gasteiger partial charge in [0.2, 0.25) is 0 Å². The van der Waals surface area contributed by atoms with Crippen molar-refractivity contribution in [1.29, 1.82) is 0 Å². The van der Waals surface area contributed by atoms with E-state index in [1.807, 2.05) is 24.3 Å². The molecule has 110 valence electrons. The number of aryl methyl sites for hydroxylation is 1. The molecule has 0 saturated heterocycles. The second-order valence-electron chi connectivity index (χ2n) is 5.10. The zero-order valence-electron chi connectivity index (χ0n) is 12.4. The van der Waals surface area contributed by atoms with Gasteiger partial charge in [-0.3, -0.25) is 9.59 Å².